The highest BCUT2D eigenvalue weighted by atomic mass is 19.4. The highest BCUT2D eigenvalue weighted by Gasteiger charge is 2.24. The number of aliphatic hydroxyl groups excluding tert-OH is 1. The largest absolute Gasteiger partial charge is 0.423 e. The number of halogens is 3. The third kappa shape index (κ3) is 6.39. The van der Waals surface area contributed by atoms with E-state index in [9.17, 15) is 22.8 Å². The number of amides is 1. The lowest BCUT2D eigenvalue weighted by atomic mass is 10.1. The van der Waals surface area contributed by atoms with Gasteiger partial charge in [-0.05, 0) is 24.6 Å². The van der Waals surface area contributed by atoms with Gasteiger partial charge in [-0.1, -0.05) is 0 Å². The molecule has 6 nitrogen and oxygen atoms in total. The minimum absolute atomic E-state index is 0.160. The number of rotatable bonds is 3. The number of hydrogen-bond acceptors (Lipinski definition) is 5. The molecule has 0 unspecified atom stereocenters. The van der Waals surface area contributed by atoms with Gasteiger partial charge in [-0.2, -0.15) is 13.2 Å². The SMILES string of the molecule is Cc1cc(=O)oc2cc(NC(=O)CCN)ccc12.OCC(F)(F)F. The number of fused-ring (bicyclic) bond motifs is 1. The molecule has 2 rings (SSSR count). The molecule has 0 aliphatic rings. The molecule has 4 N–H and O–H groups in total. The van der Waals surface area contributed by atoms with Gasteiger partial charge in [0, 0.05) is 36.2 Å². The van der Waals surface area contributed by atoms with Crippen LogP contribution in [0.3, 0.4) is 0 Å². The van der Waals surface area contributed by atoms with Crippen molar-refractivity contribution in [3.05, 3.63) is 40.2 Å². The second-order valence-corrected chi connectivity index (χ2v) is 4.82. The molecule has 0 aliphatic carbocycles. The van der Waals surface area contributed by atoms with Gasteiger partial charge >= 0.3 is 11.8 Å². The molecule has 0 atom stereocenters. The van der Waals surface area contributed by atoms with Gasteiger partial charge in [0.15, 0.2) is 0 Å². The Kier molecular flexibility index (Phi) is 6.93. The first-order valence-electron chi connectivity index (χ1n) is 6.88. The fourth-order valence-corrected chi connectivity index (χ4v) is 1.76. The Hall–Kier alpha value is -2.39. The number of nitrogens with two attached hydrogens (primary N) is 1. The molecule has 1 aromatic heterocycles. The number of benzene rings is 1. The molecule has 0 fully saturated rings. The highest BCUT2D eigenvalue weighted by Crippen LogP contribution is 2.20. The van der Waals surface area contributed by atoms with Gasteiger partial charge in [0.2, 0.25) is 5.91 Å². The zero-order valence-electron chi connectivity index (χ0n) is 12.8. The van der Waals surface area contributed by atoms with Gasteiger partial charge in [-0.25, -0.2) is 4.79 Å². The maximum Gasteiger partial charge on any atom is 0.411 e. The quantitative estimate of drug-likeness (QED) is 0.737. The zero-order valence-corrected chi connectivity index (χ0v) is 12.8. The summed E-state index contributed by atoms with van der Waals surface area (Å²) in [6.07, 6.45) is -4.14. The molecular formula is C15H17F3N2O4. The van der Waals surface area contributed by atoms with Crippen LogP contribution in [0.1, 0.15) is 12.0 Å². The number of carbonyl (C=O) groups is 1. The molecule has 0 saturated carbocycles. The lowest BCUT2D eigenvalue weighted by Crippen LogP contribution is -2.16. The second-order valence-electron chi connectivity index (χ2n) is 4.82. The van der Waals surface area contributed by atoms with Gasteiger partial charge < -0.3 is 20.6 Å². The number of nitrogens with one attached hydrogen (secondary N) is 1. The average molecular weight is 346 g/mol. The lowest BCUT2D eigenvalue weighted by molar-refractivity contribution is -0.159. The average Bonchev–Trinajstić information content (AvgIpc) is 2.46. The summed E-state index contributed by atoms with van der Waals surface area (Å²) < 4.78 is 36.7. The van der Waals surface area contributed by atoms with Crippen LogP contribution in [-0.4, -0.2) is 30.3 Å². The molecule has 9 heteroatoms. The van der Waals surface area contributed by atoms with Gasteiger partial charge in [0.25, 0.3) is 0 Å². The molecular weight excluding hydrogens is 329 g/mol. The Morgan fingerprint density at radius 3 is 2.50 bits per heavy atom. The van der Waals surface area contributed by atoms with Crippen molar-refractivity contribution in [1.82, 2.24) is 0 Å². The van der Waals surface area contributed by atoms with Crippen LogP contribution in [-0.2, 0) is 4.79 Å². The Balaban J connectivity index is 0.000000413. The molecule has 132 valence electrons. The maximum absolute atomic E-state index is 11.4. The summed E-state index contributed by atoms with van der Waals surface area (Å²) in [6, 6.07) is 6.66. The van der Waals surface area contributed by atoms with Crippen molar-refractivity contribution in [2.45, 2.75) is 19.5 Å². The Morgan fingerprint density at radius 1 is 1.33 bits per heavy atom. The van der Waals surface area contributed by atoms with E-state index in [-0.39, 0.29) is 12.3 Å². The normalized spacial score (nSPS) is 10.9. The highest BCUT2D eigenvalue weighted by molar-refractivity contribution is 5.93. The van der Waals surface area contributed by atoms with Crippen LogP contribution in [0.25, 0.3) is 11.0 Å². The third-order valence-corrected chi connectivity index (χ3v) is 2.79. The van der Waals surface area contributed by atoms with Crippen LogP contribution in [0, 0.1) is 6.92 Å². The van der Waals surface area contributed by atoms with Crippen molar-refractivity contribution in [3.63, 3.8) is 0 Å². The van der Waals surface area contributed by atoms with Crippen molar-refractivity contribution >= 4 is 22.6 Å². The van der Waals surface area contributed by atoms with E-state index in [1.807, 2.05) is 13.0 Å². The van der Waals surface area contributed by atoms with Crippen LogP contribution in [0.2, 0.25) is 0 Å². The number of aliphatic hydroxyl groups is 1. The molecule has 0 bridgehead atoms. The van der Waals surface area contributed by atoms with E-state index in [4.69, 9.17) is 15.3 Å². The Bertz CT molecular complexity index is 756. The Labute approximate surface area is 135 Å². The number of carbonyl (C=O) groups excluding carboxylic acids is 1. The van der Waals surface area contributed by atoms with Crippen LogP contribution in [0.4, 0.5) is 18.9 Å². The molecule has 0 spiro atoms. The molecule has 1 amide bonds. The van der Waals surface area contributed by atoms with E-state index >= 15 is 0 Å². The number of anilines is 1. The monoisotopic (exact) mass is 346 g/mol. The minimum Gasteiger partial charge on any atom is -0.423 e. The summed E-state index contributed by atoms with van der Waals surface area (Å²) in [6.45, 7) is 0.409. The number of hydrogen-bond donors (Lipinski definition) is 3. The Morgan fingerprint density at radius 2 is 1.96 bits per heavy atom. The van der Waals surface area contributed by atoms with Gasteiger partial charge in [0.1, 0.15) is 12.2 Å². The molecule has 0 aliphatic heterocycles. The van der Waals surface area contributed by atoms with Crippen molar-refractivity contribution < 1.29 is 27.5 Å². The predicted octanol–water partition coefficient (Wildman–Crippen LogP) is 1.93. The molecule has 24 heavy (non-hydrogen) atoms. The van der Waals surface area contributed by atoms with E-state index in [0.717, 1.165) is 10.9 Å². The van der Waals surface area contributed by atoms with Gasteiger partial charge in [-0.3, -0.25) is 4.79 Å². The molecule has 0 saturated heterocycles. The topological polar surface area (TPSA) is 106 Å². The van der Waals surface area contributed by atoms with Crippen LogP contribution < -0.4 is 16.7 Å². The van der Waals surface area contributed by atoms with Crippen molar-refractivity contribution in [3.8, 4) is 0 Å². The lowest BCUT2D eigenvalue weighted by Gasteiger charge is -2.06. The summed E-state index contributed by atoms with van der Waals surface area (Å²) >= 11 is 0. The first-order chi connectivity index (χ1) is 11.2. The number of alkyl halides is 3. The first-order valence-corrected chi connectivity index (χ1v) is 6.88. The predicted molar refractivity (Wildman–Crippen MR) is 82.7 cm³/mol. The summed E-state index contributed by atoms with van der Waals surface area (Å²) in [7, 11) is 0. The standard InChI is InChI=1S/C13H14N2O3.C2H3F3O/c1-8-6-13(17)18-11-7-9(2-3-10(8)11)15-12(16)4-5-14;3-2(4,5)1-6/h2-3,6-7H,4-5,14H2,1H3,(H,15,16);6H,1H2. The maximum atomic E-state index is 11.4. The zero-order chi connectivity index (χ0) is 18.3. The van der Waals surface area contributed by atoms with E-state index in [0.29, 0.717) is 17.8 Å². The third-order valence-electron chi connectivity index (χ3n) is 2.79. The van der Waals surface area contributed by atoms with Crippen LogP contribution in [0.5, 0.6) is 0 Å². The molecule has 1 aromatic carbocycles. The summed E-state index contributed by atoms with van der Waals surface area (Å²) in [5, 5.41) is 10.8. The molecule has 2 aromatic rings. The van der Waals surface area contributed by atoms with Crippen molar-refractivity contribution in [1.29, 1.82) is 0 Å². The van der Waals surface area contributed by atoms with Gasteiger partial charge in [0.05, 0.1) is 0 Å². The fraction of sp³-hybridized carbons (Fsp3) is 0.333. The van der Waals surface area contributed by atoms with Gasteiger partial charge in [-0.15, -0.1) is 0 Å². The fourth-order valence-electron chi connectivity index (χ4n) is 1.76. The summed E-state index contributed by atoms with van der Waals surface area (Å²) in [5.41, 5.74) is 6.80. The second kappa shape index (κ2) is 8.46. The van der Waals surface area contributed by atoms with E-state index < -0.39 is 18.4 Å². The summed E-state index contributed by atoms with van der Waals surface area (Å²) in [5.74, 6) is -0.160. The minimum atomic E-state index is -4.40. The molecule has 1 heterocycles. The van der Waals surface area contributed by atoms with E-state index in [2.05, 4.69) is 5.32 Å². The van der Waals surface area contributed by atoms with E-state index in [1.165, 1.54) is 6.07 Å². The smallest absolute Gasteiger partial charge is 0.411 e. The van der Waals surface area contributed by atoms with Crippen molar-refractivity contribution in [2.24, 2.45) is 5.73 Å². The molecule has 0 radical (unpaired) electrons. The van der Waals surface area contributed by atoms with E-state index in [1.54, 1.807) is 12.1 Å². The van der Waals surface area contributed by atoms with Crippen LogP contribution >= 0.6 is 0 Å². The first kappa shape index (κ1) is 19.7. The van der Waals surface area contributed by atoms with Crippen LogP contribution in [0.15, 0.2) is 33.5 Å². The van der Waals surface area contributed by atoms with Crippen molar-refractivity contribution in [2.75, 3.05) is 18.5 Å². The summed E-state index contributed by atoms with van der Waals surface area (Å²) in [4.78, 5) is 22.7. The number of aryl methyl sites for hydroxylation is 1.